The molecule has 1 amide bonds. The van der Waals surface area contributed by atoms with Crippen LogP contribution < -0.4 is 10.0 Å². The number of carboxylic acid groups (broad SMARTS) is 1. The summed E-state index contributed by atoms with van der Waals surface area (Å²) in [5, 5.41) is 10.8. The first kappa shape index (κ1) is 17.2. The summed E-state index contributed by atoms with van der Waals surface area (Å²) in [4.78, 5) is 25.6. The second-order valence-electron chi connectivity index (χ2n) is 4.51. The molecule has 1 aromatic heterocycles. The van der Waals surface area contributed by atoms with Gasteiger partial charge in [-0.25, -0.2) is 18.2 Å². The number of nitrogens with zero attached hydrogens (tertiary/aromatic N) is 1. The van der Waals surface area contributed by atoms with Crippen LogP contribution in [0.3, 0.4) is 0 Å². The number of nitrogens with one attached hydrogen (secondary N) is 2. The average molecular weight is 347 g/mol. The highest BCUT2D eigenvalue weighted by Crippen LogP contribution is 2.17. The number of hydrogen-bond acceptors (Lipinski definition) is 5. The fourth-order valence-corrected chi connectivity index (χ4v) is 2.68. The summed E-state index contributed by atoms with van der Waals surface area (Å²) in [6.45, 7) is 0. The van der Waals surface area contributed by atoms with Crippen molar-refractivity contribution in [3.8, 4) is 0 Å². The molecular weight excluding hydrogens is 334 g/mol. The van der Waals surface area contributed by atoms with E-state index in [1.165, 1.54) is 36.5 Å². The summed E-state index contributed by atoms with van der Waals surface area (Å²) in [5.41, 5.74) is 0.326. The molecule has 0 spiro atoms. The van der Waals surface area contributed by atoms with E-state index in [0.717, 1.165) is 6.08 Å². The standard InChI is InChI=1S/C15H13N3O5S/c19-14(8-9-15(20)21)17-11-4-6-12(7-5-11)24(22,23)18-13-3-1-2-10-16-13/h1-10H,(H,16,18)(H,17,19)(H,20,21)/b9-8-. The van der Waals surface area contributed by atoms with Gasteiger partial charge in [0.15, 0.2) is 0 Å². The van der Waals surface area contributed by atoms with Crippen LogP contribution in [0.5, 0.6) is 0 Å². The Hall–Kier alpha value is -3.20. The van der Waals surface area contributed by atoms with Crippen molar-refractivity contribution in [3.05, 3.63) is 60.8 Å². The van der Waals surface area contributed by atoms with Crippen LogP contribution in [-0.2, 0) is 19.6 Å². The molecule has 2 aromatic rings. The normalized spacial score (nSPS) is 11.2. The minimum absolute atomic E-state index is 0.00719. The number of hydrogen-bond donors (Lipinski definition) is 3. The number of aliphatic carboxylic acids is 1. The number of anilines is 2. The molecule has 0 aliphatic rings. The lowest BCUT2D eigenvalue weighted by Crippen LogP contribution is -2.14. The van der Waals surface area contributed by atoms with Gasteiger partial charge in [0.2, 0.25) is 5.91 Å². The Kier molecular flexibility index (Phi) is 5.27. The second-order valence-corrected chi connectivity index (χ2v) is 6.19. The van der Waals surface area contributed by atoms with E-state index in [2.05, 4.69) is 15.0 Å². The molecule has 9 heteroatoms. The molecule has 0 saturated carbocycles. The van der Waals surface area contributed by atoms with Crippen LogP contribution in [0, 0.1) is 0 Å². The van der Waals surface area contributed by atoms with Crippen LogP contribution in [0.25, 0.3) is 0 Å². The van der Waals surface area contributed by atoms with Crippen molar-refractivity contribution in [2.75, 3.05) is 10.0 Å². The van der Waals surface area contributed by atoms with E-state index in [-0.39, 0.29) is 10.7 Å². The first-order chi connectivity index (χ1) is 11.4. The lowest BCUT2D eigenvalue weighted by molar-refractivity contribution is -0.131. The van der Waals surface area contributed by atoms with Gasteiger partial charge in [-0.3, -0.25) is 9.52 Å². The van der Waals surface area contributed by atoms with Crippen molar-refractivity contribution >= 4 is 33.4 Å². The van der Waals surface area contributed by atoms with E-state index < -0.39 is 21.9 Å². The van der Waals surface area contributed by atoms with E-state index in [0.29, 0.717) is 11.8 Å². The Morgan fingerprint density at radius 3 is 2.33 bits per heavy atom. The molecule has 0 saturated heterocycles. The molecule has 24 heavy (non-hydrogen) atoms. The highest BCUT2D eigenvalue weighted by molar-refractivity contribution is 7.92. The second kappa shape index (κ2) is 7.38. The molecule has 1 aromatic carbocycles. The summed E-state index contributed by atoms with van der Waals surface area (Å²) in [5.74, 6) is -1.69. The van der Waals surface area contributed by atoms with Crippen LogP contribution in [-0.4, -0.2) is 30.4 Å². The largest absolute Gasteiger partial charge is 0.478 e. The summed E-state index contributed by atoms with van der Waals surface area (Å²) < 4.78 is 26.7. The Morgan fingerprint density at radius 1 is 1.04 bits per heavy atom. The predicted molar refractivity (Wildman–Crippen MR) is 86.9 cm³/mol. The maximum Gasteiger partial charge on any atom is 0.328 e. The molecule has 0 bridgehead atoms. The number of benzene rings is 1. The Morgan fingerprint density at radius 2 is 1.75 bits per heavy atom. The fraction of sp³-hybridized carbons (Fsp3) is 0. The van der Waals surface area contributed by atoms with Crippen molar-refractivity contribution in [2.45, 2.75) is 4.90 Å². The molecule has 3 N–H and O–H groups in total. The number of carbonyl (C=O) groups excluding carboxylic acids is 1. The molecule has 0 fully saturated rings. The molecule has 0 aliphatic heterocycles. The summed E-state index contributed by atoms with van der Waals surface area (Å²) in [6, 6.07) is 10.2. The maximum absolute atomic E-state index is 12.2. The van der Waals surface area contributed by atoms with E-state index in [1.54, 1.807) is 12.1 Å². The Balaban J connectivity index is 2.08. The van der Waals surface area contributed by atoms with Crippen LogP contribution >= 0.6 is 0 Å². The van der Waals surface area contributed by atoms with Gasteiger partial charge in [0.05, 0.1) is 4.90 Å². The molecule has 8 nitrogen and oxygen atoms in total. The molecule has 2 rings (SSSR count). The van der Waals surface area contributed by atoms with Gasteiger partial charge in [0.1, 0.15) is 5.82 Å². The minimum atomic E-state index is -3.80. The zero-order valence-electron chi connectivity index (χ0n) is 12.2. The molecule has 1 heterocycles. The van der Waals surface area contributed by atoms with Crippen molar-refractivity contribution < 1.29 is 23.1 Å². The zero-order chi connectivity index (χ0) is 17.6. The van der Waals surface area contributed by atoms with Gasteiger partial charge in [-0.1, -0.05) is 6.07 Å². The number of aromatic nitrogens is 1. The van der Waals surface area contributed by atoms with Crippen LogP contribution in [0.1, 0.15) is 0 Å². The van der Waals surface area contributed by atoms with Crippen molar-refractivity contribution in [2.24, 2.45) is 0 Å². The first-order valence-electron chi connectivity index (χ1n) is 6.63. The van der Waals surface area contributed by atoms with Gasteiger partial charge in [-0.2, -0.15) is 0 Å². The van der Waals surface area contributed by atoms with Gasteiger partial charge in [-0.15, -0.1) is 0 Å². The van der Waals surface area contributed by atoms with E-state index >= 15 is 0 Å². The highest BCUT2D eigenvalue weighted by Gasteiger charge is 2.14. The molecule has 0 aliphatic carbocycles. The van der Waals surface area contributed by atoms with Crippen molar-refractivity contribution in [1.82, 2.24) is 4.98 Å². The van der Waals surface area contributed by atoms with Gasteiger partial charge < -0.3 is 10.4 Å². The fourth-order valence-electron chi connectivity index (χ4n) is 1.67. The smallest absolute Gasteiger partial charge is 0.328 e. The third-order valence-corrected chi connectivity index (χ3v) is 4.08. The lowest BCUT2D eigenvalue weighted by atomic mass is 10.3. The number of amides is 1. The Bertz CT molecular complexity index is 862. The number of rotatable bonds is 6. The van der Waals surface area contributed by atoms with Crippen molar-refractivity contribution in [1.29, 1.82) is 0 Å². The average Bonchev–Trinajstić information content (AvgIpc) is 2.54. The molecule has 124 valence electrons. The molecule has 0 radical (unpaired) electrons. The van der Waals surface area contributed by atoms with Crippen LogP contribution in [0.2, 0.25) is 0 Å². The Labute approximate surface area is 137 Å². The molecule has 0 unspecified atom stereocenters. The molecular formula is C15H13N3O5S. The van der Waals surface area contributed by atoms with E-state index in [4.69, 9.17) is 5.11 Å². The summed E-state index contributed by atoms with van der Waals surface area (Å²) in [7, 11) is -3.80. The predicted octanol–water partition coefficient (Wildman–Crippen LogP) is 1.46. The zero-order valence-corrected chi connectivity index (χ0v) is 13.0. The van der Waals surface area contributed by atoms with Gasteiger partial charge in [0, 0.05) is 24.0 Å². The van der Waals surface area contributed by atoms with E-state index in [1.807, 2.05) is 0 Å². The van der Waals surface area contributed by atoms with Crippen LogP contribution in [0.4, 0.5) is 11.5 Å². The SMILES string of the molecule is O=C(O)/C=C\C(=O)Nc1ccc(S(=O)(=O)Nc2ccccn2)cc1. The minimum Gasteiger partial charge on any atom is -0.478 e. The van der Waals surface area contributed by atoms with Gasteiger partial charge in [-0.05, 0) is 36.4 Å². The van der Waals surface area contributed by atoms with Crippen molar-refractivity contribution in [3.63, 3.8) is 0 Å². The number of sulfonamides is 1. The number of carbonyl (C=O) groups is 2. The summed E-state index contributed by atoms with van der Waals surface area (Å²) >= 11 is 0. The topological polar surface area (TPSA) is 125 Å². The third kappa shape index (κ3) is 4.92. The number of pyridine rings is 1. The van der Waals surface area contributed by atoms with Crippen LogP contribution in [0.15, 0.2) is 65.7 Å². The molecule has 0 atom stereocenters. The third-order valence-electron chi connectivity index (χ3n) is 2.71. The monoisotopic (exact) mass is 347 g/mol. The van der Waals surface area contributed by atoms with Gasteiger partial charge in [0.25, 0.3) is 10.0 Å². The highest BCUT2D eigenvalue weighted by atomic mass is 32.2. The first-order valence-corrected chi connectivity index (χ1v) is 8.11. The van der Waals surface area contributed by atoms with Gasteiger partial charge >= 0.3 is 5.97 Å². The number of carboxylic acids is 1. The summed E-state index contributed by atoms with van der Waals surface area (Å²) in [6.07, 6.45) is 3.02. The van der Waals surface area contributed by atoms with E-state index in [9.17, 15) is 18.0 Å². The maximum atomic E-state index is 12.2. The lowest BCUT2D eigenvalue weighted by Gasteiger charge is -2.08. The quantitative estimate of drug-likeness (QED) is 0.679.